The number of piperidine rings is 1. The molecule has 1 amide bonds. The number of nitrogens with one attached hydrogen (secondary N) is 2. The third-order valence-corrected chi connectivity index (χ3v) is 4.41. The van der Waals surface area contributed by atoms with Gasteiger partial charge >= 0.3 is 0 Å². The van der Waals surface area contributed by atoms with E-state index < -0.39 is 0 Å². The Morgan fingerprint density at radius 3 is 2.40 bits per heavy atom. The number of carbonyl (C=O) groups is 1. The Labute approximate surface area is 149 Å². The van der Waals surface area contributed by atoms with E-state index >= 15 is 0 Å². The fraction of sp³-hybridized carbons (Fsp3) is 0.400. The van der Waals surface area contributed by atoms with Crippen LogP contribution < -0.4 is 15.5 Å². The molecule has 25 heavy (non-hydrogen) atoms. The van der Waals surface area contributed by atoms with Crippen molar-refractivity contribution in [3.05, 3.63) is 48.3 Å². The smallest absolute Gasteiger partial charge is 0.269 e. The second-order valence-corrected chi connectivity index (χ2v) is 6.41. The summed E-state index contributed by atoms with van der Waals surface area (Å²) < 4.78 is 0. The van der Waals surface area contributed by atoms with Gasteiger partial charge in [0.1, 0.15) is 5.69 Å². The average Bonchev–Trinajstić information content (AvgIpc) is 2.68. The van der Waals surface area contributed by atoms with Crippen LogP contribution in [0.3, 0.4) is 0 Å². The maximum Gasteiger partial charge on any atom is 0.269 e. The fourth-order valence-corrected chi connectivity index (χ4v) is 3.01. The standard InChI is InChI=1S/C20H26N4O/c1-2-12-21-20(25)19-11-8-17(15-22-19)23-16-6-9-18(10-7-16)24-13-4-3-5-14-24/h6-11,15,23H,2-5,12-14H2,1H3,(H,21,25). The maximum absolute atomic E-state index is 11.9. The lowest BCUT2D eigenvalue weighted by molar-refractivity contribution is 0.0949. The predicted molar refractivity (Wildman–Crippen MR) is 103 cm³/mol. The molecular formula is C20H26N4O. The summed E-state index contributed by atoms with van der Waals surface area (Å²) in [5.74, 6) is -0.126. The van der Waals surface area contributed by atoms with Crippen molar-refractivity contribution in [2.24, 2.45) is 0 Å². The third-order valence-electron chi connectivity index (χ3n) is 4.41. The minimum atomic E-state index is -0.126. The van der Waals surface area contributed by atoms with E-state index in [-0.39, 0.29) is 5.91 Å². The molecule has 1 aliphatic rings. The van der Waals surface area contributed by atoms with Gasteiger partial charge in [0.05, 0.1) is 11.9 Å². The van der Waals surface area contributed by atoms with Crippen LogP contribution in [0.4, 0.5) is 17.1 Å². The number of amides is 1. The van der Waals surface area contributed by atoms with Crippen LogP contribution in [0.15, 0.2) is 42.6 Å². The van der Waals surface area contributed by atoms with Crippen LogP contribution in [0, 0.1) is 0 Å². The summed E-state index contributed by atoms with van der Waals surface area (Å²) in [5, 5.41) is 6.16. The van der Waals surface area contributed by atoms with Crippen LogP contribution in [0.1, 0.15) is 43.1 Å². The summed E-state index contributed by atoms with van der Waals surface area (Å²) in [7, 11) is 0. The number of carbonyl (C=O) groups excluding carboxylic acids is 1. The summed E-state index contributed by atoms with van der Waals surface area (Å²) in [5.41, 5.74) is 3.62. The number of benzene rings is 1. The molecule has 2 aromatic rings. The molecule has 5 heteroatoms. The molecule has 2 N–H and O–H groups in total. The number of hydrogen-bond donors (Lipinski definition) is 2. The zero-order valence-corrected chi connectivity index (χ0v) is 14.8. The van der Waals surface area contributed by atoms with Gasteiger partial charge in [0, 0.05) is 31.0 Å². The van der Waals surface area contributed by atoms with E-state index in [4.69, 9.17) is 0 Å². The Hall–Kier alpha value is -2.56. The number of anilines is 3. The fourth-order valence-electron chi connectivity index (χ4n) is 3.01. The molecule has 0 bridgehead atoms. The van der Waals surface area contributed by atoms with Gasteiger partial charge in [0.25, 0.3) is 5.91 Å². The van der Waals surface area contributed by atoms with Crippen molar-refractivity contribution >= 4 is 23.0 Å². The lowest BCUT2D eigenvalue weighted by Crippen LogP contribution is -2.29. The number of aromatic nitrogens is 1. The molecule has 1 aliphatic heterocycles. The largest absolute Gasteiger partial charge is 0.372 e. The van der Waals surface area contributed by atoms with Crippen molar-refractivity contribution in [3.63, 3.8) is 0 Å². The first kappa shape index (κ1) is 17.3. The third kappa shape index (κ3) is 4.72. The lowest BCUT2D eigenvalue weighted by Gasteiger charge is -2.28. The molecule has 1 fully saturated rings. The van der Waals surface area contributed by atoms with Crippen molar-refractivity contribution in [2.75, 3.05) is 29.9 Å². The highest BCUT2D eigenvalue weighted by atomic mass is 16.1. The van der Waals surface area contributed by atoms with Crippen LogP contribution >= 0.6 is 0 Å². The van der Waals surface area contributed by atoms with Crippen LogP contribution in [0.2, 0.25) is 0 Å². The molecule has 3 rings (SSSR count). The van der Waals surface area contributed by atoms with E-state index in [1.54, 1.807) is 12.3 Å². The van der Waals surface area contributed by atoms with Gasteiger partial charge in [-0.25, -0.2) is 4.98 Å². The minimum Gasteiger partial charge on any atom is -0.372 e. The molecule has 2 heterocycles. The Bertz CT molecular complexity index is 676. The van der Waals surface area contributed by atoms with Crippen molar-refractivity contribution in [3.8, 4) is 0 Å². The molecule has 1 saturated heterocycles. The lowest BCUT2D eigenvalue weighted by atomic mass is 10.1. The minimum absolute atomic E-state index is 0.126. The molecule has 1 aromatic heterocycles. The highest BCUT2D eigenvalue weighted by Crippen LogP contribution is 2.23. The molecule has 0 spiro atoms. The first-order valence-electron chi connectivity index (χ1n) is 9.12. The Kier molecular flexibility index (Phi) is 5.88. The molecule has 0 saturated carbocycles. The van der Waals surface area contributed by atoms with Gasteiger partial charge in [-0.15, -0.1) is 0 Å². The predicted octanol–water partition coefficient (Wildman–Crippen LogP) is 3.96. The molecule has 5 nitrogen and oxygen atoms in total. The molecule has 0 aliphatic carbocycles. The van der Waals surface area contributed by atoms with Crippen molar-refractivity contribution in [2.45, 2.75) is 32.6 Å². The molecule has 132 valence electrons. The molecular weight excluding hydrogens is 312 g/mol. The summed E-state index contributed by atoms with van der Waals surface area (Å²) >= 11 is 0. The zero-order chi connectivity index (χ0) is 17.5. The van der Waals surface area contributed by atoms with Crippen molar-refractivity contribution in [1.82, 2.24) is 10.3 Å². The van der Waals surface area contributed by atoms with E-state index in [1.807, 2.05) is 13.0 Å². The van der Waals surface area contributed by atoms with E-state index in [1.165, 1.54) is 24.9 Å². The summed E-state index contributed by atoms with van der Waals surface area (Å²) in [6.45, 7) is 5.00. The molecule has 0 unspecified atom stereocenters. The second-order valence-electron chi connectivity index (χ2n) is 6.41. The first-order valence-corrected chi connectivity index (χ1v) is 9.12. The normalized spacial score (nSPS) is 14.2. The van der Waals surface area contributed by atoms with Gasteiger partial charge in [0.2, 0.25) is 0 Å². The Balaban J connectivity index is 1.59. The topological polar surface area (TPSA) is 57.3 Å². The van der Waals surface area contributed by atoms with E-state index in [9.17, 15) is 4.79 Å². The van der Waals surface area contributed by atoms with Crippen LogP contribution in [-0.2, 0) is 0 Å². The van der Waals surface area contributed by atoms with Crippen LogP contribution in [-0.4, -0.2) is 30.5 Å². The quantitative estimate of drug-likeness (QED) is 0.837. The monoisotopic (exact) mass is 338 g/mol. The first-order chi connectivity index (χ1) is 12.3. The number of rotatable bonds is 6. The van der Waals surface area contributed by atoms with Gasteiger partial charge in [-0.3, -0.25) is 4.79 Å². The Morgan fingerprint density at radius 2 is 1.76 bits per heavy atom. The van der Waals surface area contributed by atoms with E-state index in [0.29, 0.717) is 12.2 Å². The number of pyridine rings is 1. The maximum atomic E-state index is 11.9. The van der Waals surface area contributed by atoms with Gasteiger partial charge in [-0.05, 0) is 62.1 Å². The highest BCUT2D eigenvalue weighted by molar-refractivity contribution is 5.92. The van der Waals surface area contributed by atoms with E-state index in [0.717, 1.165) is 30.9 Å². The van der Waals surface area contributed by atoms with Gasteiger partial charge in [-0.2, -0.15) is 0 Å². The number of hydrogen-bond acceptors (Lipinski definition) is 4. The highest BCUT2D eigenvalue weighted by Gasteiger charge is 2.10. The summed E-state index contributed by atoms with van der Waals surface area (Å²) in [4.78, 5) is 18.5. The second kappa shape index (κ2) is 8.51. The van der Waals surface area contributed by atoms with Gasteiger partial charge < -0.3 is 15.5 Å². The van der Waals surface area contributed by atoms with Crippen LogP contribution in [0.25, 0.3) is 0 Å². The van der Waals surface area contributed by atoms with E-state index in [2.05, 4.69) is 44.8 Å². The SMILES string of the molecule is CCCNC(=O)c1ccc(Nc2ccc(N3CCCCC3)cc2)cn1. The zero-order valence-electron chi connectivity index (χ0n) is 14.8. The van der Waals surface area contributed by atoms with Gasteiger partial charge in [0.15, 0.2) is 0 Å². The summed E-state index contributed by atoms with van der Waals surface area (Å²) in [6.07, 6.45) is 6.52. The molecule has 0 atom stereocenters. The molecule has 1 aromatic carbocycles. The molecule has 0 radical (unpaired) electrons. The Morgan fingerprint density at radius 1 is 1.04 bits per heavy atom. The summed E-state index contributed by atoms with van der Waals surface area (Å²) in [6, 6.07) is 12.1. The van der Waals surface area contributed by atoms with Crippen molar-refractivity contribution in [1.29, 1.82) is 0 Å². The van der Waals surface area contributed by atoms with Crippen LogP contribution in [0.5, 0.6) is 0 Å². The average molecular weight is 338 g/mol. The van der Waals surface area contributed by atoms with Gasteiger partial charge in [-0.1, -0.05) is 6.92 Å². The van der Waals surface area contributed by atoms with Crippen molar-refractivity contribution < 1.29 is 4.79 Å². The number of nitrogens with zero attached hydrogens (tertiary/aromatic N) is 2.